The summed E-state index contributed by atoms with van der Waals surface area (Å²) in [6.45, 7) is 1.60. The Bertz CT molecular complexity index is 69.6. The molecular weight excluding hydrogens is 95.0 g/mol. The van der Waals surface area contributed by atoms with Crippen LogP contribution in [0.1, 0.15) is 6.92 Å². The van der Waals surface area contributed by atoms with Gasteiger partial charge in [0, 0.05) is 5.75 Å². The quantitative estimate of drug-likeness (QED) is 0.339. The van der Waals surface area contributed by atoms with Crippen LogP contribution in [-0.2, 0) is 10.7 Å². The molecule has 0 N–H and O–H groups in total. The van der Waals surface area contributed by atoms with Crippen molar-refractivity contribution in [2.24, 2.45) is 0 Å². The Morgan fingerprint density at radius 3 is 1.67 bits per heavy atom. The molecule has 0 radical (unpaired) electrons. The molecule has 0 aliphatic heterocycles. The zero-order valence-electron chi connectivity index (χ0n) is 2.97. The van der Waals surface area contributed by atoms with E-state index in [0.29, 0.717) is 0 Å². The molecular formula is C2H7LiO2S. The van der Waals surface area contributed by atoms with E-state index in [0.717, 1.165) is 0 Å². The van der Waals surface area contributed by atoms with Crippen LogP contribution in [0.2, 0.25) is 0 Å². The number of thiol groups is 1. The average Bonchev–Trinajstić information content (AvgIpc) is 1.38. The Kier molecular flexibility index (Phi) is 9.01. The molecule has 0 saturated heterocycles. The van der Waals surface area contributed by atoms with Gasteiger partial charge in [-0.2, -0.15) is 0 Å². The monoisotopic (exact) mass is 102 g/mol. The maximum atomic E-state index is 9.41. The van der Waals surface area contributed by atoms with Gasteiger partial charge in [-0.3, -0.25) is 0 Å². The summed E-state index contributed by atoms with van der Waals surface area (Å²) in [6, 6.07) is 0. The zero-order valence-corrected chi connectivity index (χ0v) is 3.87. The molecule has 2 nitrogen and oxygen atoms in total. The van der Waals surface area contributed by atoms with Crippen LogP contribution in [0.3, 0.4) is 0 Å². The van der Waals surface area contributed by atoms with E-state index >= 15 is 0 Å². The predicted molar refractivity (Wildman–Crippen MR) is 28.0 cm³/mol. The van der Waals surface area contributed by atoms with Gasteiger partial charge in [-0.1, -0.05) is 6.92 Å². The van der Waals surface area contributed by atoms with Crippen LogP contribution in [0.5, 0.6) is 0 Å². The van der Waals surface area contributed by atoms with Gasteiger partial charge in [0.15, 0.2) is 0 Å². The van der Waals surface area contributed by atoms with Gasteiger partial charge in [0.1, 0.15) is 10.7 Å². The van der Waals surface area contributed by atoms with E-state index in [-0.39, 0.29) is 24.6 Å². The first-order chi connectivity index (χ1) is 2.27. The van der Waals surface area contributed by atoms with Crippen molar-refractivity contribution in [1.82, 2.24) is 0 Å². The second-order valence-electron chi connectivity index (χ2n) is 0.649. The molecule has 0 amide bonds. The Labute approximate surface area is 51.1 Å². The Balaban J connectivity index is 0. The molecule has 0 aromatic rings. The summed E-state index contributed by atoms with van der Waals surface area (Å²) < 4.78 is 18.8. The van der Waals surface area contributed by atoms with Gasteiger partial charge in [0.2, 0.25) is 0 Å². The Hall–Kier alpha value is 0.547. The minimum atomic E-state index is -2.10. The van der Waals surface area contributed by atoms with Gasteiger partial charge in [0.25, 0.3) is 0 Å². The first-order valence-electron chi connectivity index (χ1n) is 1.39. The minimum absolute atomic E-state index is 0. The van der Waals surface area contributed by atoms with Gasteiger partial charge in [-0.05, 0) is 0 Å². The normalized spacial score (nSPS) is 7.67. The predicted octanol–water partition coefficient (Wildman–Crippen LogP) is -1.03. The van der Waals surface area contributed by atoms with Crippen molar-refractivity contribution in [2.75, 3.05) is 5.75 Å². The van der Waals surface area contributed by atoms with E-state index < -0.39 is 10.7 Å². The summed E-state index contributed by atoms with van der Waals surface area (Å²) in [5, 5.41) is 0. The Morgan fingerprint density at radius 1 is 1.50 bits per heavy atom. The second-order valence-corrected chi connectivity index (χ2v) is 1.95. The topological polar surface area (TPSA) is 34.1 Å². The number of hydrogen-bond acceptors (Lipinski definition) is 2. The molecule has 6 heavy (non-hydrogen) atoms. The van der Waals surface area contributed by atoms with Crippen LogP contribution in [0.15, 0.2) is 0 Å². The molecule has 0 rings (SSSR count). The number of hydrogen-bond donors (Lipinski definition) is 1. The van der Waals surface area contributed by atoms with Crippen molar-refractivity contribution in [2.45, 2.75) is 6.92 Å². The Morgan fingerprint density at radius 2 is 1.67 bits per heavy atom. The van der Waals surface area contributed by atoms with Crippen molar-refractivity contribution in [3.63, 3.8) is 0 Å². The molecule has 0 unspecified atom stereocenters. The molecule has 0 heterocycles. The molecule has 0 aromatic heterocycles. The van der Waals surface area contributed by atoms with Crippen LogP contribution in [0, 0.1) is 0 Å². The summed E-state index contributed by atoms with van der Waals surface area (Å²) >= 11 is 0. The van der Waals surface area contributed by atoms with Gasteiger partial charge in [0.05, 0.1) is 0 Å². The molecule has 0 bridgehead atoms. The zero-order chi connectivity index (χ0) is 4.28. The molecule has 0 saturated carbocycles. The van der Waals surface area contributed by atoms with Crippen LogP contribution >= 0.6 is 0 Å². The van der Waals surface area contributed by atoms with Crippen LogP contribution in [-0.4, -0.2) is 33.0 Å². The fourth-order valence-corrected chi connectivity index (χ4v) is 0. The third-order valence-electron chi connectivity index (χ3n) is 0.258. The molecule has 0 aromatic carbocycles. The summed E-state index contributed by atoms with van der Waals surface area (Å²) in [4.78, 5) is 0. The fourth-order valence-electron chi connectivity index (χ4n) is 0. The van der Waals surface area contributed by atoms with Crippen LogP contribution in [0.4, 0.5) is 0 Å². The summed E-state index contributed by atoms with van der Waals surface area (Å²) in [7, 11) is -2.10. The van der Waals surface area contributed by atoms with E-state index in [9.17, 15) is 8.42 Å². The van der Waals surface area contributed by atoms with Crippen molar-refractivity contribution in [1.29, 1.82) is 0 Å². The van der Waals surface area contributed by atoms with Crippen molar-refractivity contribution < 1.29 is 8.42 Å². The molecule has 4 heteroatoms. The van der Waals surface area contributed by atoms with E-state index in [1.165, 1.54) is 0 Å². The fraction of sp³-hybridized carbons (Fsp3) is 1.00. The van der Waals surface area contributed by atoms with Crippen molar-refractivity contribution in [3.8, 4) is 0 Å². The van der Waals surface area contributed by atoms with Crippen LogP contribution in [0.25, 0.3) is 0 Å². The third kappa shape index (κ3) is 8.82. The standard InChI is InChI=1S/C2H6O2S.Li.H/c1-2-5(3)4;;/h5H,2H2,1H3;;. The van der Waals surface area contributed by atoms with Gasteiger partial charge in [-0.25, -0.2) is 8.42 Å². The average molecular weight is 102 g/mol. The molecule has 0 spiro atoms. The third-order valence-corrected chi connectivity index (χ3v) is 0.775. The number of rotatable bonds is 1. The van der Waals surface area contributed by atoms with E-state index in [2.05, 4.69) is 0 Å². The summed E-state index contributed by atoms with van der Waals surface area (Å²) in [5.74, 6) is 0.259. The maximum absolute atomic E-state index is 9.41. The van der Waals surface area contributed by atoms with Crippen molar-refractivity contribution in [3.05, 3.63) is 0 Å². The second kappa shape index (κ2) is 5.55. The molecule has 0 aliphatic carbocycles. The first kappa shape index (κ1) is 9.74. The molecule has 0 fully saturated rings. The summed E-state index contributed by atoms with van der Waals surface area (Å²) in [5.41, 5.74) is 0. The molecule has 34 valence electrons. The van der Waals surface area contributed by atoms with Gasteiger partial charge in [-0.15, -0.1) is 0 Å². The molecule has 0 aliphatic rings. The van der Waals surface area contributed by atoms with Gasteiger partial charge < -0.3 is 0 Å². The van der Waals surface area contributed by atoms with E-state index in [1.54, 1.807) is 6.92 Å². The molecule has 0 atom stereocenters. The summed E-state index contributed by atoms with van der Waals surface area (Å²) in [6.07, 6.45) is 0. The van der Waals surface area contributed by atoms with E-state index in [1.807, 2.05) is 0 Å². The van der Waals surface area contributed by atoms with Gasteiger partial charge >= 0.3 is 18.9 Å². The van der Waals surface area contributed by atoms with Crippen molar-refractivity contribution >= 4 is 29.6 Å². The SMILES string of the molecule is CC[SH](=O)=O.[LiH]. The van der Waals surface area contributed by atoms with Crippen LogP contribution < -0.4 is 0 Å². The van der Waals surface area contributed by atoms with E-state index in [4.69, 9.17) is 0 Å². The first-order valence-corrected chi connectivity index (χ1v) is 2.75.